The average Bonchev–Trinajstić information content (AvgIpc) is 2.41. The van der Waals surface area contributed by atoms with Gasteiger partial charge in [0.25, 0.3) is 0 Å². The highest BCUT2D eigenvalue weighted by atomic mass is 16.3. The highest BCUT2D eigenvalue weighted by Crippen LogP contribution is 2.22. The Kier molecular flexibility index (Phi) is 4.77. The Morgan fingerprint density at radius 3 is 2.44 bits per heavy atom. The first-order chi connectivity index (χ1) is 7.28. The number of nitrogens with zero attached hydrogens (tertiary/aromatic N) is 1. The van der Waals surface area contributed by atoms with Crippen LogP contribution in [0.5, 0.6) is 0 Å². The van der Waals surface area contributed by atoms with Gasteiger partial charge in [-0.15, -0.1) is 0 Å². The van der Waals surface area contributed by atoms with Gasteiger partial charge < -0.3 is 10.4 Å². The molecule has 0 aliphatic carbocycles. The van der Waals surface area contributed by atoms with Crippen molar-refractivity contribution in [2.75, 3.05) is 19.6 Å². The van der Waals surface area contributed by atoms with Gasteiger partial charge in [-0.1, -0.05) is 6.92 Å². The summed E-state index contributed by atoms with van der Waals surface area (Å²) in [6.07, 6.45) is 1.01. The lowest BCUT2D eigenvalue weighted by molar-refractivity contribution is 0.101. The molecule has 0 aromatic rings. The van der Waals surface area contributed by atoms with Crippen LogP contribution in [-0.4, -0.2) is 47.3 Å². The van der Waals surface area contributed by atoms with Gasteiger partial charge >= 0.3 is 0 Å². The lowest BCUT2D eigenvalue weighted by atomic mass is 10.1. The van der Waals surface area contributed by atoms with E-state index in [9.17, 15) is 5.11 Å². The molecule has 0 aromatic carbocycles. The van der Waals surface area contributed by atoms with Crippen molar-refractivity contribution in [2.24, 2.45) is 5.92 Å². The van der Waals surface area contributed by atoms with Crippen molar-refractivity contribution in [1.29, 1.82) is 0 Å². The van der Waals surface area contributed by atoms with E-state index in [1.165, 1.54) is 6.42 Å². The van der Waals surface area contributed by atoms with Gasteiger partial charge in [-0.25, -0.2) is 0 Å². The quantitative estimate of drug-likeness (QED) is 0.765. The molecule has 1 heterocycles. The molecule has 0 radical (unpaired) electrons. The van der Waals surface area contributed by atoms with Crippen LogP contribution in [-0.2, 0) is 0 Å². The second-order valence-electron chi connectivity index (χ2n) is 6.43. The molecule has 0 spiro atoms. The lowest BCUT2D eigenvalue weighted by Crippen LogP contribution is -2.45. The van der Waals surface area contributed by atoms with E-state index in [2.05, 4.69) is 44.8 Å². The summed E-state index contributed by atoms with van der Waals surface area (Å²) in [4.78, 5) is 2.40. The number of nitrogens with one attached hydrogen (secondary N) is 1. The number of β-amino-alcohol motifs (C(OH)–C–C–N with tert-alkyl or cyclic N) is 1. The minimum Gasteiger partial charge on any atom is -0.390 e. The fraction of sp³-hybridized carbons (Fsp3) is 1.00. The molecule has 1 rings (SSSR count). The number of likely N-dealkylation sites (tertiary alicyclic amines) is 1. The minimum absolute atomic E-state index is 0.0882. The zero-order chi connectivity index (χ0) is 12.3. The van der Waals surface area contributed by atoms with E-state index in [1.807, 2.05) is 0 Å². The summed E-state index contributed by atoms with van der Waals surface area (Å²) < 4.78 is 0. The van der Waals surface area contributed by atoms with Crippen LogP contribution in [0.2, 0.25) is 0 Å². The second kappa shape index (κ2) is 5.48. The molecule has 0 aromatic heterocycles. The lowest BCUT2D eigenvalue weighted by Gasteiger charge is -2.27. The van der Waals surface area contributed by atoms with E-state index in [4.69, 9.17) is 0 Å². The van der Waals surface area contributed by atoms with Gasteiger partial charge in [0.05, 0.1) is 6.10 Å². The van der Waals surface area contributed by atoms with Gasteiger partial charge in [0.2, 0.25) is 0 Å². The molecule has 3 unspecified atom stereocenters. The van der Waals surface area contributed by atoms with Crippen LogP contribution in [0.3, 0.4) is 0 Å². The molecule has 1 aliphatic rings. The number of aliphatic hydroxyl groups excluding tert-OH is 1. The van der Waals surface area contributed by atoms with Gasteiger partial charge in [-0.05, 0) is 40.0 Å². The van der Waals surface area contributed by atoms with Crippen molar-refractivity contribution >= 4 is 0 Å². The highest BCUT2D eigenvalue weighted by molar-refractivity contribution is 4.83. The van der Waals surface area contributed by atoms with E-state index >= 15 is 0 Å². The van der Waals surface area contributed by atoms with Crippen molar-refractivity contribution in [3.63, 3.8) is 0 Å². The molecule has 0 amide bonds. The minimum atomic E-state index is -0.257. The molecule has 3 nitrogen and oxygen atoms in total. The van der Waals surface area contributed by atoms with E-state index in [1.54, 1.807) is 0 Å². The maximum absolute atomic E-state index is 9.97. The zero-order valence-corrected chi connectivity index (χ0v) is 11.5. The van der Waals surface area contributed by atoms with Crippen LogP contribution in [0.15, 0.2) is 0 Å². The summed E-state index contributed by atoms with van der Waals surface area (Å²) in [7, 11) is 0. The van der Waals surface area contributed by atoms with Crippen molar-refractivity contribution in [2.45, 2.75) is 58.7 Å². The Bertz CT molecular complexity index is 212. The normalized spacial score (nSPS) is 29.6. The van der Waals surface area contributed by atoms with Crippen LogP contribution >= 0.6 is 0 Å². The van der Waals surface area contributed by atoms with E-state index < -0.39 is 0 Å². The molecule has 2 N–H and O–H groups in total. The average molecular weight is 228 g/mol. The van der Waals surface area contributed by atoms with Gasteiger partial charge in [-0.2, -0.15) is 0 Å². The first kappa shape index (κ1) is 13.9. The van der Waals surface area contributed by atoms with E-state index in [0.717, 1.165) is 19.0 Å². The number of hydrogen-bond acceptors (Lipinski definition) is 3. The van der Waals surface area contributed by atoms with Crippen LogP contribution in [0.25, 0.3) is 0 Å². The highest BCUT2D eigenvalue weighted by Gasteiger charge is 2.27. The number of aliphatic hydroxyl groups is 1. The van der Waals surface area contributed by atoms with Crippen molar-refractivity contribution in [1.82, 2.24) is 10.2 Å². The zero-order valence-electron chi connectivity index (χ0n) is 11.5. The van der Waals surface area contributed by atoms with Gasteiger partial charge in [0.15, 0.2) is 0 Å². The molecule has 1 fully saturated rings. The van der Waals surface area contributed by atoms with E-state index in [0.29, 0.717) is 12.6 Å². The molecular weight excluding hydrogens is 200 g/mol. The Hall–Kier alpha value is -0.120. The standard InChI is InChI=1S/C13H28N2O/c1-10-6-11(2)15(8-10)9-12(16)7-14-13(3,4)5/h10-12,14,16H,6-9H2,1-5H3. The summed E-state index contributed by atoms with van der Waals surface area (Å²) >= 11 is 0. The van der Waals surface area contributed by atoms with Crippen molar-refractivity contribution < 1.29 is 5.11 Å². The van der Waals surface area contributed by atoms with Gasteiger partial charge in [-0.3, -0.25) is 4.90 Å². The molecule has 3 heteroatoms. The maximum atomic E-state index is 9.97. The van der Waals surface area contributed by atoms with Gasteiger partial charge in [0, 0.05) is 31.2 Å². The predicted molar refractivity (Wildman–Crippen MR) is 68.6 cm³/mol. The Morgan fingerprint density at radius 2 is 2.00 bits per heavy atom. The molecule has 0 saturated carbocycles. The molecule has 16 heavy (non-hydrogen) atoms. The Labute approximate surface area is 100 Å². The summed E-state index contributed by atoms with van der Waals surface area (Å²) in [5.41, 5.74) is 0.0882. The molecule has 1 aliphatic heterocycles. The Balaban J connectivity index is 2.26. The second-order valence-corrected chi connectivity index (χ2v) is 6.43. The fourth-order valence-electron chi connectivity index (χ4n) is 2.40. The molecule has 96 valence electrons. The third kappa shape index (κ3) is 4.81. The monoisotopic (exact) mass is 228 g/mol. The number of rotatable bonds is 4. The molecular formula is C13H28N2O. The Morgan fingerprint density at radius 1 is 1.38 bits per heavy atom. The van der Waals surface area contributed by atoms with Crippen LogP contribution < -0.4 is 5.32 Å². The summed E-state index contributed by atoms with van der Waals surface area (Å²) in [5, 5.41) is 13.3. The topological polar surface area (TPSA) is 35.5 Å². The summed E-state index contributed by atoms with van der Waals surface area (Å²) in [6.45, 7) is 13.5. The smallest absolute Gasteiger partial charge is 0.0791 e. The van der Waals surface area contributed by atoms with Gasteiger partial charge in [0.1, 0.15) is 0 Å². The van der Waals surface area contributed by atoms with Crippen molar-refractivity contribution in [3.05, 3.63) is 0 Å². The van der Waals surface area contributed by atoms with Crippen molar-refractivity contribution in [3.8, 4) is 0 Å². The predicted octanol–water partition coefficient (Wildman–Crippen LogP) is 1.47. The van der Waals surface area contributed by atoms with Crippen LogP contribution in [0.4, 0.5) is 0 Å². The fourth-order valence-corrected chi connectivity index (χ4v) is 2.40. The summed E-state index contributed by atoms with van der Waals surface area (Å²) in [5.74, 6) is 0.776. The van der Waals surface area contributed by atoms with E-state index in [-0.39, 0.29) is 11.6 Å². The third-order valence-electron chi connectivity index (χ3n) is 3.23. The molecule has 3 atom stereocenters. The largest absolute Gasteiger partial charge is 0.390 e. The SMILES string of the molecule is CC1CC(C)N(CC(O)CNC(C)(C)C)C1. The first-order valence-corrected chi connectivity index (χ1v) is 6.45. The van der Waals surface area contributed by atoms with Crippen LogP contribution in [0, 0.1) is 5.92 Å². The first-order valence-electron chi connectivity index (χ1n) is 6.45. The third-order valence-corrected chi connectivity index (χ3v) is 3.23. The number of hydrogen-bond donors (Lipinski definition) is 2. The van der Waals surface area contributed by atoms with Crippen LogP contribution in [0.1, 0.15) is 41.0 Å². The molecule has 1 saturated heterocycles. The summed E-state index contributed by atoms with van der Waals surface area (Å²) in [6, 6.07) is 0.624. The molecule has 0 bridgehead atoms. The maximum Gasteiger partial charge on any atom is 0.0791 e.